The van der Waals surface area contributed by atoms with Crippen LogP contribution in [-0.4, -0.2) is 41.4 Å². The quantitative estimate of drug-likeness (QED) is 0.809. The molecule has 2 rings (SSSR count). The summed E-state index contributed by atoms with van der Waals surface area (Å²) >= 11 is 0. The van der Waals surface area contributed by atoms with Crippen LogP contribution in [0.15, 0.2) is 30.3 Å². The van der Waals surface area contributed by atoms with Crippen molar-refractivity contribution in [3.63, 3.8) is 0 Å². The zero-order chi connectivity index (χ0) is 18.4. The smallest absolute Gasteiger partial charge is 0.227 e. The van der Waals surface area contributed by atoms with Crippen molar-refractivity contribution in [2.75, 3.05) is 20.1 Å². The van der Waals surface area contributed by atoms with Gasteiger partial charge in [-0.3, -0.25) is 9.69 Å². The van der Waals surface area contributed by atoms with Crippen LogP contribution in [0.4, 0.5) is 0 Å². The lowest BCUT2D eigenvalue weighted by Crippen LogP contribution is -2.54. The first-order valence-electron chi connectivity index (χ1n) is 9.27. The van der Waals surface area contributed by atoms with Crippen LogP contribution < -0.4 is 0 Å². The molecule has 136 valence electrons. The fraction of sp³-hybridized carbons (Fsp3) is 0.667. The third kappa shape index (κ3) is 5.34. The average molecular weight is 333 g/mol. The number of hydrogen-bond donors (Lipinski definition) is 0. The molecule has 1 aliphatic heterocycles. The number of hydrogen-bond acceptors (Lipinski definition) is 2. The minimum atomic E-state index is -0.274. The lowest BCUT2D eigenvalue weighted by atomic mass is 9.86. The molecule has 3 nitrogen and oxygen atoms in total. The van der Waals surface area contributed by atoms with Crippen molar-refractivity contribution in [1.29, 1.82) is 0 Å². The van der Waals surface area contributed by atoms with Gasteiger partial charge in [-0.05, 0) is 32.4 Å². The van der Waals surface area contributed by atoms with Crippen molar-refractivity contribution >= 4 is 5.91 Å². The molecule has 0 unspecified atom stereocenters. The van der Waals surface area contributed by atoms with Crippen LogP contribution in [0, 0.1) is 5.41 Å². The molecule has 1 amide bonds. The summed E-state index contributed by atoms with van der Waals surface area (Å²) in [6.45, 7) is 15.0. The lowest BCUT2D eigenvalue weighted by molar-refractivity contribution is -0.142. The van der Waals surface area contributed by atoms with Gasteiger partial charge in [0, 0.05) is 30.6 Å². The molecule has 1 aromatic carbocycles. The predicted molar refractivity (Wildman–Crippen MR) is 103 cm³/mol. The Balaban J connectivity index is 0.00000139. The van der Waals surface area contributed by atoms with Crippen LogP contribution in [0.3, 0.4) is 0 Å². The molecule has 1 fully saturated rings. The third-order valence-electron chi connectivity index (χ3n) is 4.95. The van der Waals surface area contributed by atoms with Crippen molar-refractivity contribution in [2.45, 2.75) is 66.5 Å². The minimum Gasteiger partial charge on any atom is -0.342 e. The molecule has 1 saturated heterocycles. The maximum absolute atomic E-state index is 12.4. The summed E-state index contributed by atoms with van der Waals surface area (Å²) in [6.07, 6.45) is 2.08. The van der Waals surface area contributed by atoms with E-state index in [1.165, 1.54) is 5.56 Å². The molecule has 0 aliphatic carbocycles. The lowest BCUT2D eigenvalue weighted by Gasteiger charge is -2.46. The Bertz CT molecular complexity index is 496. The van der Waals surface area contributed by atoms with Gasteiger partial charge in [0.1, 0.15) is 0 Å². The number of rotatable bonds is 3. The molecule has 0 spiro atoms. The average Bonchev–Trinajstić information content (AvgIpc) is 2.57. The van der Waals surface area contributed by atoms with Crippen molar-refractivity contribution in [2.24, 2.45) is 5.41 Å². The van der Waals surface area contributed by atoms with Gasteiger partial charge < -0.3 is 4.90 Å². The van der Waals surface area contributed by atoms with E-state index in [1.807, 2.05) is 39.5 Å². The molecule has 0 radical (unpaired) electrons. The minimum absolute atomic E-state index is 0.171. The maximum Gasteiger partial charge on any atom is 0.227 e. The molecule has 0 bridgehead atoms. The van der Waals surface area contributed by atoms with E-state index >= 15 is 0 Å². The first-order valence-corrected chi connectivity index (χ1v) is 9.27. The Morgan fingerprint density at radius 2 is 1.62 bits per heavy atom. The van der Waals surface area contributed by atoms with E-state index in [2.05, 4.69) is 49.2 Å². The van der Waals surface area contributed by atoms with Crippen LogP contribution in [0.25, 0.3) is 0 Å². The summed E-state index contributed by atoms with van der Waals surface area (Å²) in [5.41, 5.74) is 1.24. The molecule has 1 heterocycles. The Morgan fingerprint density at radius 3 is 2.08 bits per heavy atom. The van der Waals surface area contributed by atoms with Gasteiger partial charge in [0.15, 0.2) is 0 Å². The largest absolute Gasteiger partial charge is 0.342 e. The number of nitrogens with zero attached hydrogens (tertiary/aromatic N) is 2. The first-order chi connectivity index (χ1) is 11.2. The van der Waals surface area contributed by atoms with E-state index in [0.29, 0.717) is 0 Å². The fourth-order valence-corrected chi connectivity index (χ4v) is 3.10. The van der Waals surface area contributed by atoms with Gasteiger partial charge in [0.25, 0.3) is 0 Å². The van der Waals surface area contributed by atoms with Crippen LogP contribution in [0.2, 0.25) is 0 Å². The third-order valence-corrected chi connectivity index (χ3v) is 4.95. The number of benzene rings is 1. The van der Waals surface area contributed by atoms with E-state index < -0.39 is 0 Å². The second-order valence-electron chi connectivity index (χ2n) is 7.88. The highest BCUT2D eigenvalue weighted by Crippen LogP contribution is 2.30. The number of amides is 1. The fourth-order valence-electron chi connectivity index (χ4n) is 3.10. The van der Waals surface area contributed by atoms with Crippen molar-refractivity contribution in [3.8, 4) is 0 Å². The zero-order valence-electron chi connectivity index (χ0n) is 16.7. The van der Waals surface area contributed by atoms with Crippen LogP contribution in [-0.2, 0) is 11.3 Å². The predicted octanol–water partition coefficient (Wildman–Crippen LogP) is 4.57. The highest BCUT2D eigenvalue weighted by Gasteiger charge is 2.37. The highest BCUT2D eigenvalue weighted by molar-refractivity contribution is 5.81. The Labute approximate surface area is 149 Å². The molecular weight excluding hydrogens is 296 g/mol. The Kier molecular flexibility index (Phi) is 7.47. The van der Waals surface area contributed by atoms with Gasteiger partial charge in [-0.2, -0.15) is 0 Å². The van der Waals surface area contributed by atoms with Gasteiger partial charge >= 0.3 is 0 Å². The van der Waals surface area contributed by atoms with Crippen LogP contribution >= 0.6 is 0 Å². The van der Waals surface area contributed by atoms with Crippen LogP contribution in [0.5, 0.6) is 0 Å². The van der Waals surface area contributed by atoms with Gasteiger partial charge in [0.05, 0.1) is 0 Å². The number of carbonyl (C=O) groups is 1. The first kappa shape index (κ1) is 20.7. The van der Waals surface area contributed by atoms with Gasteiger partial charge in [-0.15, -0.1) is 0 Å². The number of piperidine rings is 1. The number of carbonyl (C=O) groups excluding carboxylic acids is 1. The maximum atomic E-state index is 12.4. The molecule has 0 N–H and O–H groups in total. The molecule has 24 heavy (non-hydrogen) atoms. The summed E-state index contributed by atoms with van der Waals surface area (Å²) in [4.78, 5) is 16.9. The molecule has 1 aliphatic rings. The normalized spacial score (nSPS) is 17.2. The monoisotopic (exact) mass is 332 g/mol. The van der Waals surface area contributed by atoms with E-state index in [1.54, 1.807) is 0 Å². The standard InChI is InChI=1S/C19H30N2O.C2H6/c1-18(2,3)17(22)21-13-11-19(4,12-14-21)20(5)15-16-9-7-6-8-10-16;1-2/h6-10H,11-15H2,1-5H3;1-2H3. The molecule has 1 aromatic rings. The van der Waals surface area contributed by atoms with E-state index in [9.17, 15) is 4.79 Å². The van der Waals surface area contributed by atoms with Crippen molar-refractivity contribution < 1.29 is 4.79 Å². The van der Waals surface area contributed by atoms with Gasteiger partial charge in [-0.25, -0.2) is 0 Å². The summed E-state index contributed by atoms with van der Waals surface area (Å²) < 4.78 is 0. The SMILES string of the molecule is CC.CN(Cc1ccccc1)C1(C)CCN(C(=O)C(C)(C)C)CC1. The topological polar surface area (TPSA) is 23.6 Å². The van der Waals surface area contributed by atoms with E-state index in [4.69, 9.17) is 0 Å². The van der Waals surface area contributed by atoms with Gasteiger partial charge in [-0.1, -0.05) is 65.0 Å². The number of likely N-dealkylation sites (tertiary alicyclic amines) is 1. The second kappa shape index (κ2) is 8.66. The summed E-state index contributed by atoms with van der Waals surface area (Å²) in [7, 11) is 2.20. The Hall–Kier alpha value is -1.35. The molecule has 0 aromatic heterocycles. The Morgan fingerprint density at radius 1 is 1.12 bits per heavy atom. The van der Waals surface area contributed by atoms with E-state index in [-0.39, 0.29) is 16.9 Å². The van der Waals surface area contributed by atoms with E-state index in [0.717, 1.165) is 32.5 Å². The molecule has 3 heteroatoms. The zero-order valence-corrected chi connectivity index (χ0v) is 16.7. The molecule has 0 saturated carbocycles. The van der Waals surface area contributed by atoms with Crippen LogP contribution in [0.1, 0.15) is 59.9 Å². The van der Waals surface area contributed by atoms with Crippen molar-refractivity contribution in [3.05, 3.63) is 35.9 Å². The summed E-state index contributed by atoms with van der Waals surface area (Å²) in [5, 5.41) is 0. The summed E-state index contributed by atoms with van der Waals surface area (Å²) in [5.74, 6) is 0.278. The van der Waals surface area contributed by atoms with Crippen molar-refractivity contribution in [1.82, 2.24) is 9.80 Å². The second-order valence-corrected chi connectivity index (χ2v) is 7.88. The van der Waals surface area contributed by atoms with Gasteiger partial charge in [0.2, 0.25) is 5.91 Å². The summed E-state index contributed by atoms with van der Waals surface area (Å²) in [6, 6.07) is 10.6. The molecular formula is C21H36N2O. The highest BCUT2D eigenvalue weighted by atomic mass is 16.2. The molecule has 0 atom stereocenters.